The molecule has 3 N–H and O–H groups in total. The van der Waals surface area contributed by atoms with Crippen molar-refractivity contribution in [1.82, 2.24) is 0 Å². The minimum Gasteiger partial charge on any atom is -0.368 e. The van der Waals surface area contributed by atoms with Gasteiger partial charge < -0.3 is 18.8 Å². The van der Waals surface area contributed by atoms with Gasteiger partial charge in [0.2, 0.25) is 0 Å². The summed E-state index contributed by atoms with van der Waals surface area (Å²) in [4.78, 5) is 25.8. The summed E-state index contributed by atoms with van der Waals surface area (Å²) in [6.45, 7) is 0. The lowest BCUT2D eigenvalue weighted by Gasteiger charge is -2.24. The molecule has 0 unspecified atom stereocenters. The largest absolute Gasteiger partial charge is 0.671 e. The standard InChI is InChI=1S/C6H14O4Si/c7-11(8,9)10-6-4-2-1-3-5-6/h6-9H,1-5H2. The fraction of sp³-hybridized carbons (Fsp3) is 1.00. The highest BCUT2D eigenvalue weighted by atomic mass is 28.4. The lowest BCUT2D eigenvalue weighted by Crippen LogP contribution is -2.43. The van der Waals surface area contributed by atoms with Crippen molar-refractivity contribution in [2.45, 2.75) is 38.2 Å². The van der Waals surface area contributed by atoms with Crippen molar-refractivity contribution in [3.63, 3.8) is 0 Å². The van der Waals surface area contributed by atoms with E-state index < -0.39 is 9.05 Å². The topological polar surface area (TPSA) is 69.9 Å². The first-order valence-corrected chi connectivity index (χ1v) is 5.68. The molecule has 1 saturated carbocycles. The lowest BCUT2D eigenvalue weighted by atomic mass is 9.98. The van der Waals surface area contributed by atoms with Crippen LogP contribution in [0.4, 0.5) is 0 Å². The Hall–Kier alpha value is 0.0569. The maximum Gasteiger partial charge on any atom is 0.671 e. The fourth-order valence-corrected chi connectivity index (χ4v) is 2.09. The van der Waals surface area contributed by atoms with E-state index in [1.807, 2.05) is 0 Å². The van der Waals surface area contributed by atoms with E-state index in [0.717, 1.165) is 25.7 Å². The predicted molar refractivity (Wildman–Crippen MR) is 40.4 cm³/mol. The molecule has 1 aliphatic carbocycles. The second kappa shape index (κ2) is 3.64. The van der Waals surface area contributed by atoms with E-state index in [4.69, 9.17) is 14.4 Å². The Morgan fingerprint density at radius 3 is 2.00 bits per heavy atom. The van der Waals surface area contributed by atoms with Gasteiger partial charge in [-0.05, 0) is 12.8 Å². The van der Waals surface area contributed by atoms with Gasteiger partial charge >= 0.3 is 9.05 Å². The average molecular weight is 178 g/mol. The van der Waals surface area contributed by atoms with Gasteiger partial charge in [-0.2, -0.15) is 0 Å². The maximum absolute atomic E-state index is 8.60. The molecule has 0 bridgehead atoms. The number of hydrogen-bond donors (Lipinski definition) is 3. The summed E-state index contributed by atoms with van der Waals surface area (Å²) in [6.07, 6.45) is 4.80. The first kappa shape index (κ1) is 9.15. The summed E-state index contributed by atoms with van der Waals surface area (Å²) in [7, 11) is -4.24. The van der Waals surface area contributed by atoms with Crippen molar-refractivity contribution in [2.75, 3.05) is 0 Å². The van der Waals surface area contributed by atoms with E-state index >= 15 is 0 Å². The van der Waals surface area contributed by atoms with Gasteiger partial charge in [-0.15, -0.1) is 0 Å². The average Bonchev–Trinajstić information content (AvgIpc) is 1.85. The van der Waals surface area contributed by atoms with E-state index in [1.54, 1.807) is 0 Å². The summed E-state index contributed by atoms with van der Waals surface area (Å²) in [5.74, 6) is 0. The van der Waals surface area contributed by atoms with Crippen molar-refractivity contribution < 1.29 is 18.8 Å². The predicted octanol–water partition coefficient (Wildman–Crippen LogP) is -0.252. The van der Waals surface area contributed by atoms with E-state index in [-0.39, 0.29) is 6.10 Å². The SMILES string of the molecule is O[Si](O)(O)OC1CCCCC1. The molecule has 1 fully saturated rings. The van der Waals surface area contributed by atoms with Crippen molar-refractivity contribution in [3.05, 3.63) is 0 Å². The van der Waals surface area contributed by atoms with Crippen molar-refractivity contribution in [3.8, 4) is 0 Å². The fourth-order valence-electron chi connectivity index (χ4n) is 1.41. The number of rotatable bonds is 2. The van der Waals surface area contributed by atoms with Crippen LogP contribution < -0.4 is 0 Å². The smallest absolute Gasteiger partial charge is 0.368 e. The lowest BCUT2D eigenvalue weighted by molar-refractivity contribution is 0.00876. The highest BCUT2D eigenvalue weighted by Gasteiger charge is 2.34. The van der Waals surface area contributed by atoms with Crippen LogP contribution in [0.25, 0.3) is 0 Å². The summed E-state index contributed by atoms with van der Waals surface area (Å²) in [5.41, 5.74) is 0. The van der Waals surface area contributed by atoms with Gasteiger partial charge in [-0.1, -0.05) is 19.3 Å². The molecule has 1 aliphatic rings. The van der Waals surface area contributed by atoms with Crippen LogP contribution in [0.3, 0.4) is 0 Å². The Morgan fingerprint density at radius 1 is 1.00 bits per heavy atom. The monoisotopic (exact) mass is 178 g/mol. The Labute approximate surface area is 66.9 Å². The van der Waals surface area contributed by atoms with Gasteiger partial charge in [0, 0.05) is 0 Å². The molecular weight excluding hydrogens is 164 g/mol. The Bertz CT molecular complexity index is 116. The van der Waals surface area contributed by atoms with Gasteiger partial charge in [-0.3, -0.25) is 0 Å². The molecule has 0 aromatic rings. The summed E-state index contributed by atoms with van der Waals surface area (Å²) >= 11 is 0. The second-order valence-electron chi connectivity index (χ2n) is 2.95. The summed E-state index contributed by atoms with van der Waals surface area (Å²) in [5, 5.41) is 0. The van der Waals surface area contributed by atoms with Crippen LogP contribution in [0.5, 0.6) is 0 Å². The van der Waals surface area contributed by atoms with Crippen LogP contribution in [0.15, 0.2) is 0 Å². The minimum absolute atomic E-state index is 0.143. The van der Waals surface area contributed by atoms with E-state index in [1.165, 1.54) is 6.42 Å². The van der Waals surface area contributed by atoms with Crippen LogP contribution in [0, 0.1) is 0 Å². The quantitative estimate of drug-likeness (QED) is 0.510. The third-order valence-corrected chi connectivity index (χ3v) is 2.53. The van der Waals surface area contributed by atoms with Crippen LogP contribution in [-0.2, 0) is 4.43 Å². The zero-order valence-electron chi connectivity index (χ0n) is 6.36. The van der Waals surface area contributed by atoms with Gasteiger partial charge in [0.15, 0.2) is 0 Å². The molecule has 0 saturated heterocycles. The van der Waals surface area contributed by atoms with Gasteiger partial charge in [0.05, 0.1) is 6.10 Å². The van der Waals surface area contributed by atoms with Crippen LogP contribution in [0.2, 0.25) is 0 Å². The van der Waals surface area contributed by atoms with Crippen molar-refractivity contribution >= 4 is 9.05 Å². The number of hydrogen-bond acceptors (Lipinski definition) is 4. The molecule has 0 aromatic heterocycles. The molecule has 0 atom stereocenters. The molecule has 0 heterocycles. The third kappa shape index (κ3) is 3.83. The highest BCUT2D eigenvalue weighted by molar-refractivity contribution is 6.48. The van der Waals surface area contributed by atoms with Gasteiger partial charge in [-0.25, -0.2) is 0 Å². The van der Waals surface area contributed by atoms with Crippen molar-refractivity contribution in [1.29, 1.82) is 0 Å². The molecule has 5 heteroatoms. The molecule has 0 radical (unpaired) electrons. The van der Waals surface area contributed by atoms with Crippen LogP contribution in [0.1, 0.15) is 32.1 Å². The van der Waals surface area contributed by atoms with E-state index in [0.29, 0.717) is 0 Å². The maximum atomic E-state index is 8.60. The normalized spacial score (nSPS) is 22.1. The zero-order valence-corrected chi connectivity index (χ0v) is 7.36. The Kier molecular flexibility index (Phi) is 3.03. The molecule has 1 rings (SSSR count). The summed E-state index contributed by atoms with van der Waals surface area (Å²) in [6, 6.07) is 0. The molecule has 0 amide bonds. The second-order valence-corrected chi connectivity index (χ2v) is 4.34. The molecule has 11 heavy (non-hydrogen) atoms. The summed E-state index contributed by atoms with van der Waals surface area (Å²) < 4.78 is 4.68. The molecule has 66 valence electrons. The van der Waals surface area contributed by atoms with Crippen LogP contribution in [-0.4, -0.2) is 29.5 Å². The minimum atomic E-state index is -4.24. The van der Waals surface area contributed by atoms with E-state index in [2.05, 4.69) is 4.43 Å². The first-order chi connectivity index (χ1) is 5.08. The highest BCUT2D eigenvalue weighted by Crippen LogP contribution is 2.21. The molecule has 0 aromatic carbocycles. The molecular formula is C6H14O4Si. The molecule has 4 nitrogen and oxygen atoms in total. The Morgan fingerprint density at radius 2 is 1.55 bits per heavy atom. The molecule has 0 spiro atoms. The van der Waals surface area contributed by atoms with Gasteiger partial charge in [0.1, 0.15) is 0 Å². The molecule has 0 aliphatic heterocycles. The Balaban J connectivity index is 2.24. The van der Waals surface area contributed by atoms with Gasteiger partial charge in [0.25, 0.3) is 0 Å². The van der Waals surface area contributed by atoms with Crippen molar-refractivity contribution in [2.24, 2.45) is 0 Å². The third-order valence-electron chi connectivity index (χ3n) is 1.88. The van der Waals surface area contributed by atoms with E-state index in [9.17, 15) is 0 Å². The van der Waals surface area contributed by atoms with Crippen LogP contribution >= 0.6 is 0 Å². The zero-order chi connectivity index (χ0) is 8.32. The first-order valence-electron chi connectivity index (χ1n) is 3.93.